The van der Waals surface area contributed by atoms with Crippen LogP contribution in [0.25, 0.3) is 0 Å². The molecule has 0 saturated heterocycles. The summed E-state index contributed by atoms with van der Waals surface area (Å²) >= 11 is 0. The standard InChI is InChI=1S/C18H21NO2/c1-3-14-6-5-7-16(12-14)19-18(20)13-15-8-10-17(11-9-15)21-4-2/h5-12H,3-4,13H2,1-2H3,(H,19,20). The zero-order chi connectivity index (χ0) is 15.1. The largest absolute Gasteiger partial charge is 0.494 e. The molecule has 3 nitrogen and oxygen atoms in total. The molecule has 0 aromatic heterocycles. The van der Waals surface area contributed by atoms with Crippen LogP contribution >= 0.6 is 0 Å². The monoisotopic (exact) mass is 283 g/mol. The van der Waals surface area contributed by atoms with Gasteiger partial charge in [0.25, 0.3) is 0 Å². The third-order valence-corrected chi connectivity index (χ3v) is 3.22. The van der Waals surface area contributed by atoms with Gasteiger partial charge in [-0.25, -0.2) is 0 Å². The zero-order valence-electron chi connectivity index (χ0n) is 12.6. The molecule has 2 aromatic rings. The van der Waals surface area contributed by atoms with Crippen molar-refractivity contribution in [1.82, 2.24) is 0 Å². The second-order valence-corrected chi connectivity index (χ2v) is 4.86. The molecule has 0 fully saturated rings. The van der Waals surface area contributed by atoms with Gasteiger partial charge in [-0.3, -0.25) is 4.79 Å². The molecule has 110 valence electrons. The van der Waals surface area contributed by atoms with Gasteiger partial charge in [0.1, 0.15) is 5.75 Å². The minimum absolute atomic E-state index is 0.00703. The molecule has 0 radical (unpaired) electrons. The minimum Gasteiger partial charge on any atom is -0.494 e. The normalized spacial score (nSPS) is 10.2. The number of carbonyl (C=O) groups is 1. The highest BCUT2D eigenvalue weighted by atomic mass is 16.5. The van der Waals surface area contributed by atoms with E-state index in [9.17, 15) is 4.79 Å². The highest BCUT2D eigenvalue weighted by Crippen LogP contribution is 2.14. The van der Waals surface area contributed by atoms with Crippen LogP contribution in [0.2, 0.25) is 0 Å². The Bertz CT molecular complexity index is 590. The topological polar surface area (TPSA) is 38.3 Å². The van der Waals surface area contributed by atoms with Gasteiger partial charge in [0.15, 0.2) is 0 Å². The van der Waals surface area contributed by atoms with Gasteiger partial charge in [-0.2, -0.15) is 0 Å². The first-order valence-corrected chi connectivity index (χ1v) is 7.31. The van der Waals surface area contributed by atoms with Gasteiger partial charge in [-0.1, -0.05) is 31.2 Å². The lowest BCUT2D eigenvalue weighted by atomic mass is 10.1. The Labute approximate surface area is 126 Å². The Hall–Kier alpha value is -2.29. The molecular formula is C18H21NO2. The Kier molecular flexibility index (Phi) is 5.38. The maximum absolute atomic E-state index is 12.0. The molecule has 0 spiro atoms. The number of benzene rings is 2. The number of aryl methyl sites for hydroxylation is 1. The fourth-order valence-corrected chi connectivity index (χ4v) is 2.13. The predicted molar refractivity (Wildman–Crippen MR) is 85.8 cm³/mol. The lowest BCUT2D eigenvalue weighted by molar-refractivity contribution is -0.115. The number of amides is 1. The van der Waals surface area contributed by atoms with E-state index in [1.807, 2.05) is 49.4 Å². The van der Waals surface area contributed by atoms with Crippen molar-refractivity contribution in [3.8, 4) is 5.75 Å². The fourth-order valence-electron chi connectivity index (χ4n) is 2.13. The van der Waals surface area contributed by atoms with Gasteiger partial charge in [0.05, 0.1) is 13.0 Å². The van der Waals surface area contributed by atoms with Gasteiger partial charge < -0.3 is 10.1 Å². The predicted octanol–water partition coefficient (Wildman–Crippen LogP) is 3.83. The molecule has 3 heteroatoms. The summed E-state index contributed by atoms with van der Waals surface area (Å²) in [6.45, 7) is 4.69. The zero-order valence-corrected chi connectivity index (χ0v) is 12.6. The van der Waals surface area contributed by atoms with Crippen LogP contribution in [0, 0.1) is 0 Å². The van der Waals surface area contributed by atoms with Crippen molar-refractivity contribution in [3.63, 3.8) is 0 Å². The van der Waals surface area contributed by atoms with E-state index in [2.05, 4.69) is 18.3 Å². The lowest BCUT2D eigenvalue weighted by Gasteiger charge is -2.08. The minimum atomic E-state index is -0.00703. The van der Waals surface area contributed by atoms with Crippen LogP contribution in [-0.2, 0) is 17.6 Å². The summed E-state index contributed by atoms with van der Waals surface area (Å²) < 4.78 is 5.39. The smallest absolute Gasteiger partial charge is 0.228 e. The summed E-state index contributed by atoms with van der Waals surface area (Å²) in [5.41, 5.74) is 3.04. The van der Waals surface area contributed by atoms with E-state index in [0.717, 1.165) is 23.4 Å². The van der Waals surface area contributed by atoms with E-state index in [0.29, 0.717) is 13.0 Å². The first-order chi connectivity index (χ1) is 10.2. The molecule has 2 rings (SSSR count). The maximum Gasteiger partial charge on any atom is 0.228 e. The van der Waals surface area contributed by atoms with Crippen LogP contribution in [0.1, 0.15) is 25.0 Å². The molecule has 0 bridgehead atoms. The van der Waals surface area contributed by atoms with E-state index in [1.165, 1.54) is 5.56 Å². The molecule has 0 heterocycles. The van der Waals surface area contributed by atoms with Gasteiger partial charge in [-0.15, -0.1) is 0 Å². The highest BCUT2D eigenvalue weighted by molar-refractivity contribution is 5.92. The first kappa shape index (κ1) is 15.1. The molecule has 2 aromatic carbocycles. The van der Waals surface area contributed by atoms with Crippen molar-refractivity contribution < 1.29 is 9.53 Å². The van der Waals surface area contributed by atoms with E-state index in [-0.39, 0.29) is 5.91 Å². The van der Waals surface area contributed by atoms with Gasteiger partial charge in [0.2, 0.25) is 5.91 Å². The quantitative estimate of drug-likeness (QED) is 0.875. The van der Waals surface area contributed by atoms with E-state index in [1.54, 1.807) is 0 Å². The number of rotatable bonds is 6. The second-order valence-electron chi connectivity index (χ2n) is 4.86. The Morgan fingerprint density at radius 2 is 1.81 bits per heavy atom. The van der Waals surface area contributed by atoms with Crippen LogP contribution in [-0.4, -0.2) is 12.5 Å². The Morgan fingerprint density at radius 3 is 2.48 bits per heavy atom. The van der Waals surface area contributed by atoms with Crippen LogP contribution in [0.3, 0.4) is 0 Å². The molecule has 0 aliphatic heterocycles. The third-order valence-electron chi connectivity index (χ3n) is 3.22. The highest BCUT2D eigenvalue weighted by Gasteiger charge is 2.05. The number of nitrogens with one attached hydrogen (secondary N) is 1. The Balaban J connectivity index is 1.94. The van der Waals surface area contributed by atoms with Crippen molar-refractivity contribution in [2.45, 2.75) is 26.7 Å². The molecule has 0 aliphatic carbocycles. The summed E-state index contributed by atoms with van der Waals surface area (Å²) in [7, 11) is 0. The number of ether oxygens (including phenoxy) is 1. The number of carbonyl (C=O) groups excluding carboxylic acids is 1. The van der Waals surface area contributed by atoms with Crippen molar-refractivity contribution in [2.75, 3.05) is 11.9 Å². The summed E-state index contributed by atoms with van der Waals surface area (Å²) in [5, 5.41) is 2.93. The van der Waals surface area contributed by atoms with Crippen molar-refractivity contribution in [2.24, 2.45) is 0 Å². The molecule has 21 heavy (non-hydrogen) atoms. The molecule has 0 aliphatic rings. The molecular weight excluding hydrogens is 262 g/mol. The summed E-state index contributed by atoms with van der Waals surface area (Å²) in [6, 6.07) is 15.6. The van der Waals surface area contributed by atoms with Crippen molar-refractivity contribution >= 4 is 11.6 Å². The Morgan fingerprint density at radius 1 is 1.05 bits per heavy atom. The van der Waals surface area contributed by atoms with Gasteiger partial charge in [0, 0.05) is 5.69 Å². The average Bonchev–Trinajstić information content (AvgIpc) is 2.49. The molecule has 1 N–H and O–H groups in total. The van der Waals surface area contributed by atoms with Crippen LogP contribution < -0.4 is 10.1 Å². The van der Waals surface area contributed by atoms with Crippen LogP contribution in [0.5, 0.6) is 5.75 Å². The average molecular weight is 283 g/mol. The second kappa shape index (κ2) is 7.48. The van der Waals surface area contributed by atoms with Crippen molar-refractivity contribution in [1.29, 1.82) is 0 Å². The molecule has 0 unspecified atom stereocenters. The van der Waals surface area contributed by atoms with Crippen LogP contribution in [0.4, 0.5) is 5.69 Å². The van der Waals surface area contributed by atoms with E-state index < -0.39 is 0 Å². The van der Waals surface area contributed by atoms with Crippen LogP contribution in [0.15, 0.2) is 48.5 Å². The number of anilines is 1. The SMILES string of the molecule is CCOc1ccc(CC(=O)Nc2cccc(CC)c2)cc1. The summed E-state index contributed by atoms with van der Waals surface area (Å²) in [6.07, 6.45) is 1.32. The third kappa shape index (κ3) is 4.63. The number of hydrogen-bond donors (Lipinski definition) is 1. The maximum atomic E-state index is 12.0. The van der Waals surface area contributed by atoms with Crippen molar-refractivity contribution in [3.05, 3.63) is 59.7 Å². The number of hydrogen-bond acceptors (Lipinski definition) is 2. The molecule has 0 atom stereocenters. The van der Waals surface area contributed by atoms with Gasteiger partial charge >= 0.3 is 0 Å². The fraction of sp³-hybridized carbons (Fsp3) is 0.278. The van der Waals surface area contributed by atoms with E-state index >= 15 is 0 Å². The lowest BCUT2D eigenvalue weighted by Crippen LogP contribution is -2.14. The summed E-state index contributed by atoms with van der Waals surface area (Å²) in [4.78, 5) is 12.0. The molecule has 1 amide bonds. The molecule has 0 saturated carbocycles. The summed E-state index contributed by atoms with van der Waals surface area (Å²) in [5.74, 6) is 0.824. The van der Waals surface area contributed by atoms with Gasteiger partial charge in [-0.05, 0) is 48.7 Å². The van der Waals surface area contributed by atoms with E-state index in [4.69, 9.17) is 4.74 Å². The first-order valence-electron chi connectivity index (χ1n) is 7.31.